The van der Waals surface area contributed by atoms with Gasteiger partial charge in [0.1, 0.15) is 0 Å². The molecule has 0 heterocycles. The Morgan fingerprint density at radius 1 is 1.41 bits per heavy atom. The number of nitrogens with one attached hydrogen (secondary N) is 1. The van der Waals surface area contributed by atoms with Crippen LogP contribution in [-0.4, -0.2) is 12.6 Å². The van der Waals surface area contributed by atoms with E-state index in [-0.39, 0.29) is 5.82 Å². The third kappa shape index (κ3) is 3.70. The Hall–Kier alpha value is -1.09. The molecule has 1 aliphatic carbocycles. The molecule has 0 unspecified atom stereocenters. The molecule has 3 heteroatoms. The Labute approximate surface area is 102 Å². The number of ether oxygens (including phenoxy) is 1. The summed E-state index contributed by atoms with van der Waals surface area (Å²) in [4.78, 5) is 0. The first-order valence-electron chi connectivity index (χ1n) is 6.30. The van der Waals surface area contributed by atoms with Crippen LogP contribution in [-0.2, 0) is 6.54 Å². The molecular formula is C14H20FNO. The van der Waals surface area contributed by atoms with Crippen LogP contribution in [0, 0.1) is 11.7 Å². The van der Waals surface area contributed by atoms with E-state index in [1.807, 2.05) is 6.07 Å². The third-order valence-corrected chi connectivity index (χ3v) is 2.91. The average molecular weight is 237 g/mol. The highest BCUT2D eigenvalue weighted by Gasteiger charge is 2.23. The van der Waals surface area contributed by atoms with Gasteiger partial charge in [-0.3, -0.25) is 0 Å². The van der Waals surface area contributed by atoms with Gasteiger partial charge in [0, 0.05) is 18.2 Å². The zero-order chi connectivity index (χ0) is 12.3. The lowest BCUT2D eigenvalue weighted by molar-refractivity contribution is 0.281. The van der Waals surface area contributed by atoms with Gasteiger partial charge < -0.3 is 10.1 Å². The molecule has 17 heavy (non-hydrogen) atoms. The fourth-order valence-electron chi connectivity index (χ4n) is 1.65. The number of halogens is 1. The van der Waals surface area contributed by atoms with Gasteiger partial charge in [-0.25, -0.2) is 4.39 Å². The highest BCUT2D eigenvalue weighted by Crippen LogP contribution is 2.31. The van der Waals surface area contributed by atoms with Crippen LogP contribution in [0.25, 0.3) is 0 Å². The van der Waals surface area contributed by atoms with E-state index in [0.29, 0.717) is 30.9 Å². The van der Waals surface area contributed by atoms with E-state index in [2.05, 4.69) is 19.2 Å². The maximum atomic E-state index is 13.7. The molecule has 0 amide bonds. The minimum absolute atomic E-state index is 0.256. The number of hydrogen-bond acceptors (Lipinski definition) is 2. The zero-order valence-electron chi connectivity index (χ0n) is 10.5. The molecule has 1 aliphatic rings. The first kappa shape index (κ1) is 12.4. The Morgan fingerprint density at radius 2 is 2.18 bits per heavy atom. The molecular weight excluding hydrogens is 217 g/mol. The Morgan fingerprint density at radius 3 is 2.82 bits per heavy atom. The van der Waals surface area contributed by atoms with Crippen molar-refractivity contribution < 1.29 is 9.13 Å². The second-order valence-corrected chi connectivity index (χ2v) is 5.02. The van der Waals surface area contributed by atoms with Crippen molar-refractivity contribution in [2.24, 2.45) is 5.92 Å². The molecule has 1 fully saturated rings. The topological polar surface area (TPSA) is 21.3 Å². The molecule has 0 atom stereocenters. The van der Waals surface area contributed by atoms with Crippen LogP contribution >= 0.6 is 0 Å². The van der Waals surface area contributed by atoms with Crippen molar-refractivity contribution in [2.75, 3.05) is 6.61 Å². The third-order valence-electron chi connectivity index (χ3n) is 2.91. The Bertz CT molecular complexity index is 374. The summed E-state index contributed by atoms with van der Waals surface area (Å²) in [5.41, 5.74) is 0.902. The van der Waals surface area contributed by atoms with Gasteiger partial charge in [-0.05, 0) is 24.8 Å². The van der Waals surface area contributed by atoms with Gasteiger partial charge in [-0.1, -0.05) is 26.0 Å². The first-order valence-corrected chi connectivity index (χ1v) is 6.30. The van der Waals surface area contributed by atoms with Gasteiger partial charge in [0.05, 0.1) is 6.61 Å². The van der Waals surface area contributed by atoms with Crippen LogP contribution in [0.1, 0.15) is 32.3 Å². The van der Waals surface area contributed by atoms with Crippen molar-refractivity contribution >= 4 is 0 Å². The average Bonchev–Trinajstić information content (AvgIpc) is 3.08. The highest BCUT2D eigenvalue weighted by atomic mass is 19.1. The van der Waals surface area contributed by atoms with E-state index in [4.69, 9.17) is 4.74 Å². The van der Waals surface area contributed by atoms with Gasteiger partial charge in [0.15, 0.2) is 11.6 Å². The number of hydrogen-bond donors (Lipinski definition) is 1. The smallest absolute Gasteiger partial charge is 0.165 e. The van der Waals surface area contributed by atoms with E-state index in [1.54, 1.807) is 6.07 Å². The summed E-state index contributed by atoms with van der Waals surface area (Å²) < 4.78 is 19.3. The maximum absolute atomic E-state index is 13.7. The number of rotatable bonds is 6. The van der Waals surface area contributed by atoms with E-state index in [0.717, 1.165) is 5.56 Å². The Balaban J connectivity index is 2.03. The van der Waals surface area contributed by atoms with Crippen LogP contribution in [0.3, 0.4) is 0 Å². The van der Waals surface area contributed by atoms with Crippen LogP contribution in [0.5, 0.6) is 5.75 Å². The van der Waals surface area contributed by atoms with Crippen molar-refractivity contribution in [3.63, 3.8) is 0 Å². The highest BCUT2D eigenvalue weighted by molar-refractivity contribution is 5.35. The lowest BCUT2D eigenvalue weighted by Crippen LogP contribution is -2.22. The number of para-hydroxylation sites is 1. The summed E-state index contributed by atoms with van der Waals surface area (Å²) in [5, 5.41) is 3.29. The van der Waals surface area contributed by atoms with Crippen molar-refractivity contribution in [1.29, 1.82) is 0 Å². The Kier molecular flexibility index (Phi) is 4.00. The van der Waals surface area contributed by atoms with Crippen LogP contribution in [0.2, 0.25) is 0 Å². The van der Waals surface area contributed by atoms with Crippen LogP contribution in [0.15, 0.2) is 18.2 Å². The molecule has 2 nitrogen and oxygen atoms in total. The van der Waals surface area contributed by atoms with Crippen LogP contribution in [0.4, 0.5) is 4.39 Å². The lowest BCUT2D eigenvalue weighted by Gasteiger charge is -2.14. The van der Waals surface area contributed by atoms with Crippen molar-refractivity contribution in [1.82, 2.24) is 5.32 Å². The van der Waals surface area contributed by atoms with E-state index >= 15 is 0 Å². The van der Waals surface area contributed by atoms with E-state index in [9.17, 15) is 4.39 Å². The van der Waals surface area contributed by atoms with Gasteiger partial charge in [0.2, 0.25) is 0 Å². The summed E-state index contributed by atoms with van der Waals surface area (Å²) in [6, 6.07) is 5.49. The molecule has 2 rings (SSSR count). The molecule has 0 radical (unpaired) electrons. The van der Waals surface area contributed by atoms with Crippen molar-refractivity contribution in [2.45, 2.75) is 39.3 Å². The maximum Gasteiger partial charge on any atom is 0.165 e. The second-order valence-electron chi connectivity index (χ2n) is 5.02. The summed E-state index contributed by atoms with van der Waals surface area (Å²) in [6.45, 7) is 5.44. The molecule has 1 aromatic carbocycles. The standard InChI is InChI=1S/C14H20FNO/c1-10(2)16-8-12-4-3-5-13(15)14(12)17-9-11-6-7-11/h3-5,10-11,16H,6-9H2,1-2H3. The fraction of sp³-hybridized carbons (Fsp3) is 0.571. The summed E-state index contributed by atoms with van der Waals surface area (Å²) in [5.74, 6) is 0.807. The molecule has 0 bridgehead atoms. The van der Waals surface area contributed by atoms with Crippen molar-refractivity contribution in [3.8, 4) is 5.75 Å². The predicted molar refractivity (Wildman–Crippen MR) is 66.6 cm³/mol. The molecule has 0 spiro atoms. The van der Waals surface area contributed by atoms with Crippen molar-refractivity contribution in [3.05, 3.63) is 29.6 Å². The minimum atomic E-state index is -0.256. The zero-order valence-corrected chi connectivity index (χ0v) is 10.5. The van der Waals surface area contributed by atoms with Gasteiger partial charge in [0.25, 0.3) is 0 Å². The summed E-state index contributed by atoms with van der Waals surface area (Å²) in [6.07, 6.45) is 2.43. The number of benzene rings is 1. The van der Waals surface area contributed by atoms with Crippen LogP contribution < -0.4 is 10.1 Å². The summed E-state index contributed by atoms with van der Waals surface area (Å²) >= 11 is 0. The predicted octanol–water partition coefficient (Wildman–Crippen LogP) is 3.11. The van der Waals surface area contributed by atoms with Gasteiger partial charge in [-0.15, -0.1) is 0 Å². The monoisotopic (exact) mass is 237 g/mol. The largest absolute Gasteiger partial charge is 0.490 e. The SMILES string of the molecule is CC(C)NCc1cccc(F)c1OCC1CC1. The molecule has 94 valence electrons. The minimum Gasteiger partial charge on any atom is -0.490 e. The van der Waals surface area contributed by atoms with Gasteiger partial charge >= 0.3 is 0 Å². The molecule has 1 aromatic rings. The van der Waals surface area contributed by atoms with E-state index < -0.39 is 0 Å². The summed E-state index contributed by atoms with van der Waals surface area (Å²) in [7, 11) is 0. The lowest BCUT2D eigenvalue weighted by atomic mass is 10.2. The molecule has 0 saturated heterocycles. The molecule has 1 saturated carbocycles. The van der Waals surface area contributed by atoms with E-state index in [1.165, 1.54) is 18.9 Å². The fourth-order valence-corrected chi connectivity index (χ4v) is 1.65. The quantitative estimate of drug-likeness (QED) is 0.820. The second kappa shape index (κ2) is 5.50. The molecule has 1 N–H and O–H groups in total. The van der Waals surface area contributed by atoms with Gasteiger partial charge in [-0.2, -0.15) is 0 Å². The molecule has 0 aromatic heterocycles. The normalized spacial score (nSPS) is 15.3. The first-order chi connectivity index (χ1) is 8.16. The molecule has 0 aliphatic heterocycles.